The number of para-hydroxylation sites is 1. The number of ether oxygens (including phenoxy) is 1. The van der Waals surface area contributed by atoms with E-state index in [1.165, 1.54) is 0 Å². The normalized spacial score (nSPS) is 12.2. The molecule has 2 amide bonds. The minimum absolute atomic E-state index is 0.122. The fraction of sp³-hybridized carbons (Fsp3) is 0.462. The largest absolute Gasteiger partial charge is 0.483 e. The molecular weight excluding hydrogens is 424 g/mol. The summed E-state index contributed by atoms with van der Waals surface area (Å²) in [5.41, 5.74) is 1.70. The molecule has 0 spiro atoms. The van der Waals surface area contributed by atoms with Crippen LogP contribution in [0.15, 0.2) is 48.5 Å². The summed E-state index contributed by atoms with van der Waals surface area (Å²) < 4.78 is 5.97. The van der Waals surface area contributed by atoms with Gasteiger partial charge < -0.3 is 15.0 Å². The standard InChI is InChI=1S/C26H35ClN2O3/c1-6-16-28-25(31)22(7-2)29(17-19-12-8-10-14-21(19)27)24(30)18-32-23-15-11-9-13-20(23)26(3,4)5/h8-15,22H,6-7,16-18H2,1-5H3,(H,28,31)/t22-/m1/s1. The molecule has 32 heavy (non-hydrogen) atoms. The molecule has 5 nitrogen and oxygen atoms in total. The van der Waals surface area contributed by atoms with Crippen molar-refractivity contribution in [3.8, 4) is 5.75 Å². The van der Waals surface area contributed by atoms with Gasteiger partial charge in [0.15, 0.2) is 6.61 Å². The van der Waals surface area contributed by atoms with Crippen LogP contribution in [0.1, 0.15) is 58.6 Å². The Morgan fingerprint density at radius 1 is 1.06 bits per heavy atom. The second kappa shape index (κ2) is 11.9. The lowest BCUT2D eigenvalue weighted by atomic mass is 9.86. The second-order valence-corrected chi connectivity index (χ2v) is 9.27. The first-order valence-electron chi connectivity index (χ1n) is 11.2. The van der Waals surface area contributed by atoms with Crippen molar-refractivity contribution in [2.45, 2.75) is 65.5 Å². The minimum atomic E-state index is -0.605. The number of nitrogens with one attached hydrogen (secondary N) is 1. The molecule has 2 rings (SSSR count). The summed E-state index contributed by atoms with van der Waals surface area (Å²) in [6, 6.07) is 14.5. The van der Waals surface area contributed by atoms with Gasteiger partial charge in [0.1, 0.15) is 11.8 Å². The highest BCUT2D eigenvalue weighted by Gasteiger charge is 2.29. The Bertz CT molecular complexity index is 908. The molecule has 0 aromatic heterocycles. The summed E-state index contributed by atoms with van der Waals surface area (Å²) in [6.45, 7) is 10.9. The summed E-state index contributed by atoms with van der Waals surface area (Å²) >= 11 is 6.36. The van der Waals surface area contributed by atoms with Crippen molar-refractivity contribution >= 4 is 23.4 Å². The number of hydrogen-bond donors (Lipinski definition) is 1. The smallest absolute Gasteiger partial charge is 0.261 e. The van der Waals surface area contributed by atoms with Crippen LogP contribution in [0.5, 0.6) is 5.75 Å². The van der Waals surface area contributed by atoms with E-state index in [4.69, 9.17) is 16.3 Å². The van der Waals surface area contributed by atoms with Crippen LogP contribution in [0.2, 0.25) is 5.02 Å². The van der Waals surface area contributed by atoms with Crippen molar-refractivity contribution in [2.24, 2.45) is 0 Å². The molecule has 2 aromatic rings. The number of nitrogens with zero attached hydrogens (tertiary/aromatic N) is 1. The second-order valence-electron chi connectivity index (χ2n) is 8.86. The van der Waals surface area contributed by atoms with Gasteiger partial charge in [-0.2, -0.15) is 0 Å². The van der Waals surface area contributed by atoms with Gasteiger partial charge in [-0.25, -0.2) is 0 Å². The Labute approximate surface area is 197 Å². The topological polar surface area (TPSA) is 58.6 Å². The Morgan fingerprint density at radius 3 is 2.34 bits per heavy atom. The molecule has 2 aromatic carbocycles. The van der Waals surface area contributed by atoms with Crippen molar-refractivity contribution in [1.82, 2.24) is 10.2 Å². The molecule has 6 heteroatoms. The lowest BCUT2D eigenvalue weighted by Crippen LogP contribution is -2.50. The maximum absolute atomic E-state index is 13.3. The first-order valence-corrected chi connectivity index (χ1v) is 11.6. The number of carbonyl (C=O) groups excluding carboxylic acids is 2. The number of rotatable bonds is 10. The highest BCUT2D eigenvalue weighted by atomic mass is 35.5. The van der Waals surface area contributed by atoms with Gasteiger partial charge in [0.25, 0.3) is 5.91 Å². The zero-order chi connectivity index (χ0) is 23.7. The maximum atomic E-state index is 13.3. The van der Waals surface area contributed by atoms with Gasteiger partial charge in [-0.05, 0) is 41.5 Å². The quantitative estimate of drug-likeness (QED) is 0.522. The first kappa shape index (κ1) is 25.7. The first-order chi connectivity index (χ1) is 15.2. The summed E-state index contributed by atoms with van der Waals surface area (Å²) in [5.74, 6) is 0.256. The van der Waals surface area contributed by atoms with Gasteiger partial charge in [-0.3, -0.25) is 9.59 Å². The zero-order valence-electron chi connectivity index (χ0n) is 19.8. The molecule has 174 valence electrons. The van der Waals surface area contributed by atoms with E-state index in [1.54, 1.807) is 11.0 Å². The van der Waals surface area contributed by atoms with E-state index in [0.717, 1.165) is 17.5 Å². The van der Waals surface area contributed by atoms with Gasteiger partial charge in [-0.1, -0.05) is 82.6 Å². The Balaban J connectivity index is 2.27. The molecule has 0 bridgehead atoms. The fourth-order valence-corrected chi connectivity index (χ4v) is 3.73. The molecule has 0 heterocycles. The van der Waals surface area contributed by atoms with E-state index < -0.39 is 6.04 Å². The molecular formula is C26H35ClN2O3. The predicted molar refractivity (Wildman–Crippen MR) is 130 cm³/mol. The molecule has 0 aliphatic heterocycles. The van der Waals surface area contributed by atoms with Crippen LogP contribution in [0.3, 0.4) is 0 Å². The Hall–Kier alpha value is -2.53. The third-order valence-corrected chi connectivity index (χ3v) is 5.65. The van der Waals surface area contributed by atoms with Crippen molar-refractivity contribution < 1.29 is 14.3 Å². The summed E-state index contributed by atoms with van der Waals surface area (Å²) in [5, 5.41) is 3.48. The van der Waals surface area contributed by atoms with E-state index in [2.05, 4.69) is 26.1 Å². The predicted octanol–water partition coefficient (Wildman–Crippen LogP) is 5.35. The van der Waals surface area contributed by atoms with Crippen LogP contribution in [0, 0.1) is 0 Å². The van der Waals surface area contributed by atoms with Gasteiger partial charge in [0.2, 0.25) is 5.91 Å². The molecule has 1 atom stereocenters. The van der Waals surface area contributed by atoms with Gasteiger partial charge in [-0.15, -0.1) is 0 Å². The van der Waals surface area contributed by atoms with E-state index in [-0.39, 0.29) is 30.4 Å². The van der Waals surface area contributed by atoms with Crippen LogP contribution in [0.4, 0.5) is 0 Å². The Morgan fingerprint density at radius 2 is 1.72 bits per heavy atom. The van der Waals surface area contributed by atoms with E-state index >= 15 is 0 Å². The molecule has 0 unspecified atom stereocenters. The van der Waals surface area contributed by atoms with E-state index in [9.17, 15) is 9.59 Å². The van der Waals surface area contributed by atoms with Crippen LogP contribution >= 0.6 is 11.6 Å². The molecule has 0 aliphatic rings. The van der Waals surface area contributed by atoms with Crippen LogP contribution in [0.25, 0.3) is 0 Å². The van der Waals surface area contributed by atoms with Crippen molar-refractivity contribution in [1.29, 1.82) is 0 Å². The monoisotopic (exact) mass is 458 g/mol. The van der Waals surface area contributed by atoms with Crippen molar-refractivity contribution in [2.75, 3.05) is 13.2 Å². The summed E-state index contributed by atoms with van der Waals surface area (Å²) in [7, 11) is 0. The van der Waals surface area contributed by atoms with Gasteiger partial charge in [0, 0.05) is 18.1 Å². The van der Waals surface area contributed by atoms with Crippen molar-refractivity contribution in [3.63, 3.8) is 0 Å². The van der Waals surface area contributed by atoms with Crippen molar-refractivity contribution in [3.05, 3.63) is 64.7 Å². The van der Waals surface area contributed by atoms with E-state index in [0.29, 0.717) is 23.7 Å². The molecule has 0 aliphatic carbocycles. The molecule has 0 fully saturated rings. The van der Waals surface area contributed by atoms with Crippen LogP contribution in [-0.4, -0.2) is 35.9 Å². The van der Waals surface area contributed by atoms with Crippen LogP contribution in [-0.2, 0) is 21.5 Å². The number of carbonyl (C=O) groups is 2. The Kier molecular flexibility index (Phi) is 9.58. The highest BCUT2D eigenvalue weighted by molar-refractivity contribution is 6.31. The van der Waals surface area contributed by atoms with Gasteiger partial charge >= 0.3 is 0 Å². The average molecular weight is 459 g/mol. The van der Waals surface area contributed by atoms with Gasteiger partial charge in [0.05, 0.1) is 0 Å². The number of hydrogen-bond acceptors (Lipinski definition) is 3. The van der Waals surface area contributed by atoms with Crippen LogP contribution < -0.4 is 10.1 Å². The van der Waals surface area contributed by atoms with E-state index in [1.807, 2.05) is 56.3 Å². The minimum Gasteiger partial charge on any atom is -0.483 e. The number of benzene rings is 2. The lowest BCUT2D eigenvalue weighted by Gasteiger charge is -2.31. The molecule has 0 radical (unpaired) electrons. The number of halogens is 1. The summed E-state index contributed by atoms with van der Waals surface area (Å²) in [6.07, 6.45) is 1.32. The zero-order valence-corrected chi connectivity index (χ0v) is 20.5. The maximum Gasteiger partial charge on any atom is 0.261 e. The SMILES string of the molecule is CCCNC(=O)[C@@H](CC)N(Cc1ccccc1Cl)C(=O)COc1ccccc1C(C)(C)C. The third-order valence-electron chi connectivity index (χ3n) is 5.28. The fourth-order valence-electron chi connectivity index (χ4n) is 3.53. The molecule has 1 N–H and O–H groups in total. The summed E-state index contributed by atoms with van der Waals surface area (Å²) in [4.78, 5) is 27.8. The lowest BCUT2D eigenvalue weighted by molar-refractivity contribution is -0.143. The molecule has 0 saturated carbocycles. The highest BCUT2D eigenvalue weighted by Crippen LogP contribution is 2.31. The average Bonchev–Trinajstić information content (AvgIpc) is 2.76. The third kappa shape index (κ3) is 6.99. The number of amides is 2. The molecule has 0 saturated heterocycles.